The minimum Gasteiger partial charge on any atom is -0.322 e. The predicted octanol–water partition coefficient (Wildman–Crippen LogP) is 3.99. The second-order valence-electron chi connectivity index (χ2n) is 6.20. The lowest BCUT2D eigenvalue weighted by molar-refractivity contribution is 0.256. The minimum atomic E-state index is 0.171. The van der Waals surface area contributed by atoms with Gasteiger partial charge in [0, 0.05) is 4.88 Å². The maximum Gasteiger partial charge on any atom is 0.110 e. The molecule has 2 aliphatic carbocycles. The molecule has 0 amide bonds. The first kappa shape index (κ1) is 12.6. The number of fused-ring (bicyclic) bond motifs is 1. The number of nitrogens with zero attached hydrogens (tertiary/aromatic N) is 1. The normalized spacial score (nSPS) is 23.2. The molecule has 2 nitrogen and oxygen atoms in total. The number of hydrogen-bond acceptors (Lipinski definition) is 3. The molecule has 3 rings (SSSR count). The first-order valence-corrected chi connectivity index (χ1v) is 8.28. The Bertz CT molecular complexity index is 418. The molecule has 0 aliphatic heterocycles. The Labute approximate surface area is 114 Å². The zero-order chi connectivity index (χ0) is 12.6. The van der Waals surface area contributed by atoms with Crippen LogP contribution in [0.25, 0.3) is 0 Å². The van der Waals surface area contributed by atoms with E-state index in [1.165, 1.54) is 55.6 Å². The number of nitrogens with two attached hydrogens (primary N) is 1. The monoisotopic (exact) mass is 264 g/mol. The summed E-state index contributed by atoms with van der Waals surface area (Å²) in [5.41, 5.74) is 8.23. The Hall–Kier alpha value is -0.410. The van der Waals surface area contributed by atoms with Crippen molar-refractivity contribution >= 4 is 11.3 Å². The molecule has 0 radical (unpaired) electrons. The molecule has 0 bridgehead atoms. The number of thiazole rings is 1. The predicted molar refractivity (Wildman–Crippen MR) is 76.9 cm³/mol. The lowest BCUT2D eigenvalue weighted by atomic mass is 9.74. The highest BCUT2D eigenvalue weighted by molar-refractivity contribution is 7.11. The molecule has 1 spiro atoms. The van der Waals surface area contributed by atoms with Crippen LogP contribution in [0.4, 0.5) is 0 Å². The van der Waals surface area contributed by atoms with Crippen LogP contribution in [0.1, 0.15) is 73.5 Å². The summed E-state index contributed by atoms with van der Waals surface area (Å²) < 4.78 is 0. The third-order valence-electron chi connectivity index (χ3n) is 4.80. The van der Waals surface area contributed by atoms with Crippen LogP contribution >= 0.6 is 11.3 Å². The molecule has 1 saturated carbocycles. The Morgan fingerprint density at radius 2 is 2.11 bits per heavy atom. The Balaban J connectivity index is 1.79. The first-order valence-electron chi connectivity index (χ1n) is 7.46. The van der Waals surface area contributed by atoms with E-state index in [-0.39, 0.29) is 6.04 Å². The molecule has 1 heterocycles. The second-order valence-corrected chi connectivity index (χ2v) is 7.32. The van der Waals surface area contributed by atoms with Crippen molar-refractivity contribution in [1.29, 1.82) is 0 Å². The average Bonchev–Trinajstić information content (AvgIpc) is 2.96. The zero-order valence-corrected chi connectivity index (χ0v) is 12.2. The molecule has 0 aromatic carbocycles. The summed E-state index contributed by atoms with van der Waals surface area (Å²) in [6.45, 7) is 2.20. The van der Waals surface area contributed by atoms with Gasteiger partial charge in [-0.2, -0.15) is 0 Å². The van der Waals surface area contributed by atoms with Gasteiger partial charge in [-0.15, -0.1) is 11.3 Å². The molecule has 1 aromatic rings. The summed E-state index contributed by atoms with van der Waals surface area (Å²) in [6, 6.07) is 0.171. The van der Waals surface area contributed by atoms with Gasteiger partial charge in [-0.05, 0) is 43.9 Å². The van der Waals surface area contributed by atoms with Crippen LogP contribution in [0.5, 0.6) is 0 Å². The van der Waals surface area contributed by atoms with Crippen molar-refractivity contribution in [3.05, 3.63) is 15.6 Å². The third kappa shape index (κ3) is 2.23. The molecule has 2 N–H and O–H groups in total. The quantitative estimate of drug-likeness (QED) is 0.896. The molecule has 100 valence electrons. The molecule has 1 unspecified atom stereocenters. The molecular formula is C15H24N2S. The van der Waals surface area contributed by atoms with Crippen molar-refractivity contribution in [2.24, 2.45) is 11.1 Å². The summed E-state index contributed by atoms with van der Waals surface area (Å²) in [4.78, 5) is 6.38. The van der Waals surface area contributed by atoms with Gasteiger partial charge < -0.3 is 5.73 Å². The number of hydrogen-bond donors (Lipinski definition) is 1. The smallest absolute Gasteiger partial charge is 0.110 e. The zero-order valence-electron chi connectivity index (χ0n) is 11.4. The van der Waals surface area contributed by atoms with Crippen molar-refractivity contribution in [2.75, 3.05) is 0 Å². The van der Waals surface area contributed by atoms with Gasteiger partial charge in [0.1, 0.15) is 5.01 Å². The van der Waals surface area contributed by atoms with Gasteiger partial charge in [0.2, 0.25) is 0 Å². The number of aryl methyl sites for hydroxylation is 1. The summed E-state index contributed by atoms with van der Waals surface area (Å²) in [6.07, 6.45) is 11.8. The van der Waals surface area contributed by atoms with Crippen LogP contribution < -0.4 is 5.73 Å². The van der Waals surface area contributed by atoms with E-state index >= 15 is 0 Å². The van der Waals surface area contributed by atoms with Gasteiger partial charge in [0.05, 0.1) is 11.7 Å². The molecule has 1 aromatic heterocycles. The van der Waals surface area contributed by atoms with Gasteiger partial charge in [-0.25, -0.2) is 4.98 Å². The van der Waals surface area contributed by atoms with Gasteiger partial charge >= 0.3 is 0 Å². The second kappa shape index (κ2) is 4.93. The van der Waals surface area contributed by atoms with E-state index in [9.17, 15) is 0 Å². The van der Waals surface area contributed by atoms with Crippen molar-refractivity contribution in [3.63, 3.8) is 0 Å². The standard InChI is InChI=1S/C15H24N2S/c1-2-5-11(16)14-17-12-6-9-15(7-3-4-8-15)10-13(12)18-14/h11H,2-10,16H2,1H3. The molecule has 2 aliphatic rings. The highest BCUT2D eigenvalue weighted by Gasteiger charge is 2.38. The third-order valence-corrected chi connectivity index (χ3v) is 6.03. The van der Waals surface area contributed by atoms with E-state index in [2.05, 4.69) is 6.92 Å². The molecule has 3 heteroatoms. The SMILES string of the molecule is CCCC(N)c1nc2c(s1)CC1(CCCC1)CC2. The highest BCUT2D eigenvalue weighted by Crippen LogP contribution is 2.49. The molecule has 1 atom stereocenters. The van der Waals surface area contributed by atoms with Crippen LogP contribution in [0.3, 0.4) is 0 Å². The maximum absolute atomic E-state index is 6.21. The van der Waals surface area contributed by atoms with Gasteiger partial charge in [0.15, 0.2) is 0 Å². The van der Waals surface area contributed by atoms with Crippen LogP contribution in [-0.4, -0.2) is 4.98 Å². The fraction of sp³-hybridized carbons (Fsp3) is 0.800. The Morgan fingerprint density at radius 1 is 1.33 bits per heavy atom. The van der Waals surface area contributed by atoms with Crippen LogP contribution in [0, 0.1) is 5.41 Å². The number of rotatable bonds is 3. The van der Waals surface area contributed by atoms with Crippen LogP contribution in [-0.2, 0) is 12.8 Å². The van der Waals surface area contributed by atoms with Crippen LogP contribution in [0.15, 0.2) is 0 Å². The van der Waals surface area contributed by atoms with E-state index in [1.807, 2.05) is 11.3 Å². The van der Waals surface area contributed by atoms with Crippen LogP contribution in [0.2, 0.25) is 0 Å². The average molecular weight is 264 g/mol. The summed E-state index contributed by atoms with van der Waals surface area (Å²) in [7, 11) is 0. The van der Waals surface area contributed by atoms with Gasteiger partial charge in [-0.3, -0.25) is 0 Å². The van der Waals surface area contributed by atoms with Crippen molar-refractivity contribution in [1.82, 2.24) is 4.98 Å². The van der Waals surface area contributed by atoms with Crippen molar-refractivity contribution in [3.8, 4) is 0 Å². The Morgan fingerprint density at radius 3 is 2.83 bits per heavy atom. The molecular weight excluding hydrogens is 240 g/mol. The molecule has 1 fully saturated rings. The van der Waals surface area contributed by atoms with E-state index in [0.717, 1.165) is 12.8 Å². The minimum absolute atomic E-state index is 0.171. The van der Waals surface area contributed by atoms with Crippen molar-refractivity contribution in [2.45, 2.75) is 70.8 Å². The summed E-state index contributed by atoms with van der Waals surface area (Å²) in [5, 5.41) is 1.19. The summed E-state index contributed by atoms with van der Waals surface area (Å²) in [5.74, 6) is 0. The maximum atomic E-state index is 6.21. The van der Waals surface area contributed by atoms with Crippen molar-refractivity contribution < 1.29 is 0 Å². The first-order chi connectivity index (χ1) is 8.72. The highest BCUT2D eigenvalue weighted by atomic mass is 32.1. The summed E-state index contributed by atoms with van der Waals surface area (Å²) >= 11 is 1.91. The van der Waals surface area contributed by atoms with E-state index < -0.39 is 0 Å². The lowest BCUT2D eigenvalue weighted by Crippen LogP contribution is -2.24. The topological polar surface area (TPSA) is 38.9 Å². The van der Waals surface area contributed by atoms with Gasteiger partial charge in [0.25, 0.3) is 0 Å². The lowest BCUT2D eigenvalue weighted by Gasteiger charge is -2.32. The molecule has 18 heavy (non-hydrogen) atoms. The fourth-order valence-corrected chi connectivity index (χ4v) is 5.02. The Kier molecular flexibility index (Phi) is 3.46. The van der Waals surface area contributed by atoms with E-state index in [1.54, 1.807) is 4.88 Å². The largest absolute Gasteiger partial charge is 0.322 e. The van der Waals surface area contributed by atoms with Gasteiger partial charge in [-0.1, -0.05) is 26.2 Å². The molecule has 0 saturated heterocycles. The number of aromatic nitrogens is 1. The van der Waals surface area contributed by atoms with E-state index in [4.69, 9.17) is 10.7 Å². The van der Waals surface area contributed by atoms with E-state index in [0.29, 0.717) is 5.41 Å². The fourth-order valence-electron chi connectivity index (χ4n) is 3.69.